The minimum Gasteiger partial charge on any atom is -0.320 e. The van der Waals surface area contributed by atoms with Crippen molar-refractivity contribution >= 4 is 0 Å². The van der Waals surface area contributed by atoms with Gasteiger partial charge in [0.25, 0.3) is 0 Å². The Balaban J connectivity index is 3.68. The van der Waals surface area contributed by atoms with E-state index in [1.807, 2.05) is 7.05 Å². The Labute approximate surface area is 77.3 Å². The molecular formula is C10H24N2. The fourth-order valence-electron chi connectivity index (χ4n) is 1.41. The molecule has 0 spiro atoms. The molecule has 0 amide bonds. The van der Waals surface area contributed by atoms with Crippen LogP contribution in [0.25, 0.3) is 0 Å². The minimum atomic E-state index is 0.322. The molecule has 0 heterocycles. The van der Waals surface area contributed by atoms with Gasteiger partial charge < -0.3 is 5.32 Å². The summed E-state index contributed by atoms with van der Waals surface area (Å²) in [6.07, 6.45) is 1.24. The molecule has 2 nitrogen and oxygen atoms in total. The van der Waals surface area contributed by atoms with Crippen LogP contribution < -0.4 is 5.32 Å². The van der Waals surface area contributed by atoms with Crippen LogP contribution in [0.3, 0.4) is 0 Å². The van der Waals surface area contributed by atoms with Gasteiger partial charge in [-0.2, -0.15) is 0 Å². The summed E-state index contributed by atoms with van der Waals surface area (Å²) in [7, 11) is 2.01. The van der Waals surface area contributed by atoms with E-state index in [1.165, 1.54) is 13.0 Å². The molecule has 0 unspecified atom stereocenters. The van der Waals surface area contributed by atoms with Crippen molar-refractivity contribution in [1.82, 2.24) is 10.2 Å². The third kappa shape index (κ3) is 4.73. The van der Waals surface area contributed by atoms with Crippen molar-refractivity contribution in [1.29, 1.82) is 0 Å². The molecule has 74 valence electrons. The molecular weight excluding hydrogens is 148 g/mol. The molecule has 0 rings (SSSR count). The van der Waals surface area contributed by atoms with Crippen molar-refractivity contribution in [3.8, 4) is 0 Å². The summed E-state index contributed by atoms with van der Waals surface area (Å²) in [5.74, 6) is 0. The van der Waals surface area contributed by atoms with Crippen LogP contribution in [-0.4, -0.2) is 37.1 Å². The summed E-state index contributed by atoms with van der Waals surface area (Å²) < 4.78 is 0. The monoisotopic (exact) mass is 172 g/mol. The van der Waals surface area contributed by atoms with Gasteiger partial charge in [0, 0.05) is 5.54 Å². The Bertz CT molecular complexity index is 105. The quantitative estimate of drug-likeness (QED) is 0.635. The number of hydrogen-bond acceptors (Lipinski definition) is 2. The first kappa shape index (κ1) is 11.9. The Kier molecular flexibility index (Phi) is 5.51. The molecule has 0 saturated carbocycles. The summed E-state index contributed by atoms with van der Waals surface area (Å²) in [6, 6.07) is 0. The van der Waals surface area contributed by atoms with E-state index in [-0.39, 0.29) is 0 Å². The molecule has 0 aliphatic rings. The predicted octanol–water partition coefficient (Wildman–Crippen LogP) is 1.72. The molecule has 0 radical (unpaired) electrons. The minimum absolute atomic E-state index is 0.322. The van der Waals surface area contributed by atoms with Crippen LogP contribution in [0.5, 0.6) is 0 Å². The number of nitrogens with one attached hydrogen (secondary N) is 1. The highest BCUT2D eigenvalue weighted by molar-refractivity contribution is 4.74. The first-order valence-corrected chi connectivity index (χ1v) is 4.92. The van der Waals surface area contributed by atoms with Gasteiger partial charge in [0.15, 0.2) is 0 Å². The van der Waals surface area contributed by atoms with Crippen molar-refractivity contribution in [3.05, 3.63) is 0 Å². The maximum atomic E-state index is 3.17. The maximum absolute atomic E-state index is 3.17. The van der Waals surface area contributed by atoms with E-state index in [9.17, 15) is 0 Å². The molecule has 0 aromatic heterocycles. The van der Waals surface area contributed by atoms with Gasteiger partial charge in [-0.25, -0.2) is 0 Å². The van der Waals surface area contributed by atoms with Gasteiger partial charge in [0.2, 0.25) is 0 Å². The lowest BCUT2D eigenvalue weighted by Gasteiger charge is -2.34. The van der Waals surface area contributed by atoms with Crippen molar-refractivity contribution in [3.63, 3.8) is 0 Å². The molecule has 12 heavy (non-hydrogen) atoms. The van der Waals surface area contributed by atoms with E-state index >= 15 is 0 Å². The maximum Gasteiger partial charge on any atom is 0.0124 e. The Hall–Kier alpha value is -0.0800. The standard InChI is InChI=1S/C10H24N2/c1-6-12(10(2,3)4)9-7-8-11-5/h11H,6-9H2,1-5H3. The number of nitrogens with zero attached hydrogens (tertiary/aromatic N) is 1. The van der Waals surface area contributed by atoms with Crippen molar-refractivity contribution in [2.45, 2.75) is 39.7 Å². The average molecular weight is 172 g/mol. The van der Waals surface area contributed by atoms with E-state index in [0.29, 0.717) is 5.54 Å². The summed E-state index contributed by atoms with van der Waals surface area (Å²) in [5, 5.41) is 3.17. The summed E-state index contributed by atoms with van der Waals surface area (Å²) in [4.78, 5) is 2.50. The summed E-state index contributed by atoms with van der Waals surface area (Å²) >= 11 is 0. The molecule has 0 aromatic carbocycles. The van der Waals surface area contributed by atoms with Crippen LogP contribution in [0.4, 0.5) is 0 Å². The van der Waals surface area contributed by atoms with Gasteiger partial charge in [-0.05, 0) is 53.9 Å². The normalized spacial score (nSPS) is 12.5. The van der Waals surface area contributed by atoms with E-state index in [4.69, 9.17) is 0 Å². The van der Waals surface area contributed by atoms with Crippen molar-refractivity contribution in [2.24, 2.45) is 0 Å². The van der Waals surface area contributed by atoms with Crippen LogP contribution in [0.2, 0.25) is 0 Å². The molecule has 0 aromatic rings. The Morgan fingerprint density at radius 1 is 1.25 bits per heavy atom. The second-order valence-corrected chi connectivity index (χ2v) is 4.21. The second-order valence-electron chi connectivity index (χ2n) is 4.21. The molecule has 2 heteroatoms. The van der Waals surface area contributed by atoms with Crippen LogP contribution in [0.1, 0.15) is 34.1 Å². The van der Waals surface area contributed by atoms with E-state index in [2.05, 4.69) is 37.9 Å². The van der Waals surface area contributed by atoms with Gasteiger partial charge >= 0.3 is 0 Å². The van der Waals surface area contributed by atoms with Gasteiger partial charge in [-0.15, -0.1) is 0 Å². The zero-order valence-electron chi connectivity index (χ0n) is 9.28. The van der Waals surface area contributed by atoms with Gasteiger partial charge in [0.05, 0.1) is 0 Å². The van der Waals surface area contributed by atoms with Gasteiger partial charge in [-0.1, -0.05) is 6.92 Å². The zero-order valence-corrected chi connectivity index (χ0v) is 9.28. The Morgan fingerprint density at radius 3 is 2.17 bits per heavy atom. The SMILES string of the molecule is CCN(CCCNC)C(C)(C)C. The molecule has 0 saturated heterocycles. The van der Waals surface area contributed by atoms with Gasteiger partial charge in [-0.3, -0.25) is 4.90 Å². The molecule has 0 atom stereocenters. The van der Waals surface area contributed by atoms with Crippen molar-refractivity contribution in [2.75, 3.05) is 26.7 Å². The van der Waals surface area contributed by atoms with E-state index < -0.39 is 0 Å². The molecule has 1 N–H and O–H groups in total. The number of hydrogen-bond donors (Lipinski definition) is 1. The van der Waals surface area contributed by atoms with Crippen LogP contribution in [0, 0.1) is 0 Å². The topological polar surface area (TPSA) is 15.3 Å². The Morgan fingerprint density at radius 2 is 1.83 bits per heavy atom. The van der Waals surface area contributed by atoms with Crippen molar-refractivity contribution < 1.29 is 0 Å². The lowest BCUT2D eigenvalue weighted by molar-refractivity contribution is 0.143. The van der Waals surface area contributed by atoms with E-state index in [1.54, 1.807) is 0 Å². The largest absolute Gasteiger partial charge is 0.320 e. The highest BCUT2D eigenvalue weighted by atomic mass is 15.2. The van der Waals surface area contributed by atoms with Gasteiger partial charge in [0.1, 0.15) is 0 Å². The first-order chi connectivity index (χ1) is 5.52. The fraction of sp³-hybridized carbons (Fsp3) is 1.00. The first-order valence-electron chi connectivity index (χ1n) is 4.92. The van der Waals surface area contributed by atoms with E-state index in [0.717, 1.165) is 13.1 Å². The van der Waals surface area contributed by atoms with Crippen LogP contribution >= 0.6 is 0 Å². The molecule has 0 aliphatic carbocycles. The average Bonchev–Trinajstić information content (AvgIpc) is 1.95. The summed E-state index contributed by atoms with van der Waals surface area (Å²) in [6.45, 7) is 12.5. The van der Waals surface area contributed by atoms with Crippen LogP contribution in [-0.2, 0) is 0 Å². The zero-order chi connectivity index (χ0) is 9.61. The highest BCUT2D eigenvalue weighted by Crippen LogP contribution is 2.12. The molecule has 0 bridgehead atoms. The fourth-order valence-corrected chi connectivity index (χ4v) is 1.41. The highest BCUT2D eigenvalue weighted by Gasteiger charge is 2.18. The lowest BCUT2D eigenvalue weighted by atomic mass is 10.1. The number of rotatable bonds is 5. The summed E-state index contributed by atoms with van der Waals surface area (Å²) in [5.41, 5.74) is 0.322. The third-order valence-corrected chi connectivity index (χ3v) is 2.19. The smallest absolute Gasteiger partial charge is 0.0124 e. The second kappa shape index (κ2) is 5.55. The molecule has 0 aliphatic heterocycles. The lowest BCUT2D eigenvalue weighted by Crippen LogP contribution is -2.42. The van der Waals surface area contributed by atoms with Crippen LogP contribution in [0.15, 0.2) is 0 Å². The predicted molar refractivity (Wildman–Crippen MR) is 55.5 cm³/mol. The third-order valence-electron chi connectivity index (χ3n) is 2.19. The molecule has 0 fully saturated rings.